The van der Waals surface area contributed by atoms with Crippen molar-refractivity contribution in [3.8, 4) is 0 Å². The lowest BCUT2D eigenvalue weighted by Gasteiger charge is -2.24. The second-order valence-electron chi connectivity index (χ2n) is 5.32. The molecule has 0 aliphatic rings. The van der Waals surface area contributed by atoms with Gasteiger partial charge in [-0.3, -0.25) is 4.79 Å². The number of aliphatic hydroxyl groups is 1. The normalized spacial score (nSPS) is 11.6. The smallest absolute Gasteiger partial charge is 0.289 e. The van der Waals surface area contributed by atoms with Gasteiger partial charge in [0, 0.05) is 20.1 Å². The molecule has 102 valence electrons. The zero-order valence-electron chi connectivity index (χ0n) is 11.5. The van der Waals surface area contributed by atoms with E-state index in [1.54, 1.807) is 13.8 Å². The van der Waals surface area contributed by atoms with Crippen molar-refractivity contribution in [1.82, 2.24) is 10.3 Å². The van der Waals surface area contributed by atoms with Crippen LogP contribution in [0, 0.1) is 19.3 Å². The van der Waals surface area contributed by atoms with Crippen LogP contribution in [0.5, 0.6) is 0 Å². The molecule has 1 aromatic heterocycles. The molecule has 0 aliphatic heterocycles. The lowest BCUT2D eigenvalue weighted by Crippen LogP contribution is -2.34. The third kappa shape index (κ3) is 4.14. The molecule has 0 saturated carbocycles. The van der Waals surface area contributed by atoms with E-state index in [0.717, 1.165) is 12.8 Å². The number of aliphatic hydroxyl groups excluding tert-OH is 1. The van der Waals surface area contributed by atoms with Crippen molar-refractivity contribution in [2.24, 2.45) is 5.41 Å². The lowest BCUT2D eigenvalue weighted by molar-refractivity contribution is 0.0903. The van der Waals surface area contributed by atoms with Crippen LogP contribution in [0.25, 0.3) is 0 Å². The van der Waals surface area contributed by atoms with E-state index < -0.39 is 0 Å². The number of amides is 1. The molecular formula is C13H22N2O3. The van der Waals surface area contributed by atoms with Gasteiger partial charge in [0.1, 0.15) is 0 Å². The number of rotatable bonds is 6. The summed E-state index contributed by atoms with van der Waals surface area (Å²) in [5, 5.41) is 11.7. The molecule has 0 aliphatic carbocycles. The molecule has 0 saturated heterocycles. The van der Waals surface area contributed by atoms with Crippen LogP contribution in [0.15, 0.2) is 4.42 Å². The Morgan fingerprint density at radius 2 is 2.11 bits per heavy atom. The van der Waals surface area contributed by atoms with Gasteiger partial charge in [0.15, 0.2) is 5.89 Å². The monoisotopic (exact) mass is 254 g/mol. The third-order valence-corrected chi connectivity index (χ3v) is 2.85. The number of nitrogens with zero attached hydrogens (tertiary/aromatic N) is 1. The predicted octanol–water partition coefficient (Wildman–Crippen LogP) is 1.82. The highest BCUT2D eigenvalue weighted by atomic mass is 16.4. The molecule has 2 N–H and O–H groups in total. The van der Waals surface area contributed by atoms with Crippen molar-refractivity contribution in [1.29, 1.82) is 0 Å². The van der Waals surface area contributed by atoms with E-state index in [-0.39, 0.29) is 23.7 Å². The summed E-state index contributed by atoms with van der Waals surface area (Å²) in [6, 6.07) is 0. The summed E-state index contributed by atoms with van der Waals surface area (Å²) in [4.78, 5) is 16.0. The van der Waals surface area contributed by atoms with Crippen molar-refractivity contribution >= 4 is 5.91 Å². The number of aryl methyl sites for hydroxylation is 2. The van der Waals surface area contributed by atoms with Crippen molar-refractivity contribution in [3.63, 3.8) is 0 Å². The number of hydrogen-bond donors (Lipinski definition) is 2. The van der Waals surface area contributed by atoms with Gasteiger partial charge in [-0.05, 0) is 25.2 Å². The van der Waals surface area contributed by atoms with E-state index in [1.807, 2.05) is 0 Å². The molecule has 0 unspecified atom stereocenters. The molecule has 1 amide bonds. The summed E-state index contributed by atoms with van der Waals surface area (Å²) in [5.74, 6) is 0.549. The number of hydrogen-bond acceptors (Lipinski definition) is 4. The van der Waals surface area contributed by atoms with Crippen LogP contribution in [-0.2, 0) is 0 Å². The molecule has 0 spiro atoms. The summed E-state index contributed by atoms with van der Waals surface area (Å²) in [7, 11) is 0. The maximum Gasteiger partial charge on any atom is 0.289 e. The minimum Gasteiger partial charge on any atom is -0.436 e. The van der Waals surface area contributed by atoms with Crippen LogP contribution >= 0.6 is 0 Å². The molecule has 1 heterocycles. The van der Waals surface area contributed by atoms with Gasteiger partial charge in [0.2, 0.25) is 5.76 Å². The molecule has 5 heteroatoms. The van der Waals surface area contributed by atoms with Crippen LogP contribution in [0.2, 0.25) is 0 Å². The summed E-state index contributed by atoms with van der Waals surface area (Å²) >= 11 is 0. The Bertz CT molecular complexity index is 410. The van der Waals surface area contributed by atoms with Crippen molar-refractivity contribution in [3.05, 3.63) is 17.3 Å². The van der Waals surface area contributed by atoms with Gasteiger partial charge in [-0.25, -0.2) is 4.98 Å². The summed E-state index contributed by atoms with van der Waals surface area (Å²) < 4.78 is 5.26. The lowest BCUT2D eigenvalue weighted by atomic mass is 9.88. The predicted molar refractivity (Wildman–Crippen MR) is 68.4 cm³/mol. The minimum atomic E-state index is -0.231. The van der Waals surface area contributed by atoms with Crippen LogP contribution in [-0.4, -0.2) is 29.1 Å². The number of nitrogens with one attached hydrogen (secondary N) is 1. The Morgan fingerprint density at radius 1 is 1.44 bits per heavy atom. The highest BCUT2D eigenvalue weighted by molar-refractivity contribution is 5.92. The van der Waals surface area contributed by atoms with Crippen molar-refractivity contribution in [2.75, 3.05) is 13.2 Å². The highest BCUT2D eigenvalue weighted by Crippen LogP contribution is 2.21. The summed E-state index contributed by atoms with van der Waals surface area (Å²) in [5.41, 5.74) is 0.569. The summed E-state index contributed by atoms with van der Waals surface area (Å²) in [6.07, 6.45) is 1.60. The van der Waals surface area contributed by atoms with Crippen LogP contribution in [0.3, 0.4) is 0 Å². The minimum absolute atomic E-state index is 0.0403. The number of carbonyl (C=O) groups excluding carboxylic acids is 1. The van der Waals surface area contributed by atoms with E-state index in [9.17, 15) is 4.79 Å². The Morgan fingerprint density at radius 3 is 2.61 bits per heavy atom. The number of aromatic nitrogens is 1. The Balaban J connectivity index is 2.53. The maximum absolute atomic E-state index is 11.9. The van der Waals surface area contributed by atoms with E-state index >= 15 is 0 Å². The first-order valence-corrected chi connectivity index (χ1v) is 6.19. The first-order valence-electron chi connectivity index (χ1n) is 6.19. The molecule has 0 atom stereocenters. The van der Waals surface area contributed by atoms with E-state index in [0.29, 0.717) is 18.1 Å². The van der Waals surface area contributed by atoms with E-state index in [1.165, 1.54) is 0 Å². The molecule has 0 bridgehead atoms. The zero-order valence-corrected chi connectivity index (χ0v) is 11.5. The topological polar surface area (TPSA) is 75.4 Å². The Hall–Kier alpha value is -1.36. The van der Waals surface area contributed by atoms with Gasteiger partial charge < -0.3 is 14.8 Å². The second-order valence-corrected chi connectivity index (χ2v) is 5.32. The largest absolute Gasteiger partial charge is 0.436 e. The standard InChI is InChI=1S/C13H22N2O3/c1-9-11(18-10(2)15-9)12(17)14-8-13(3,4)6-5-7-16/h16H,5-8H2,1-4H3,(H,14,17). The molecule has 0 radical (unpaired) electrons. The fourth-order valence-electron chi connectivity index (χ4n) is 1.79. The van der Waals surface area contributed by atoms with Gasteiger partial charge >= 0.3 is 0 Å². The van der Waals surface area contributed by atoms with Gasteiger partial charge in [0.05, 0.1) is 5.69 Å². The molecule has 18 heavy (non-hydrogen) atoms. The quantitative estimate of drug-likeness (QED) is 0.812. The first kappa shape index (κ1) is 14.7. The van der Waals surface area contributed by atoms with Crippen LogP contribution in [0.4, 0.5) is 0 Å². The van der Waals surface area contributed by atoms with Crippen molar-refractivity contribution in [2.45, 2.75) is 40.5 Å². The van der Waals surface area contributed by atoms with Gasteiger partial charge in [-0.1, -0.05) is 13.8 Å². The molecule has 0 fully saturated rings. The highest BCUT2D eigenvalue weighted by Gasteiger charge is 2.21. The maximum atomic E-state index is 11.9. The average molecular weight is 254 g/mol. The fraction of sp³-hybridized carbons (Fsp3) is 0.692. The second kappa shape index (κ2) is 6.00. The van der Waals surface area contributed by atoms with Crippen LogP contribution in [0.1, 0.15) is 48.8 Å². The molecule has 1 aromatic rings. The SMILES string of the molecule is Cc1nc(C)c(C(=O)NCC(C)(C)CCCO)o1. The average Bonchev–Trinajstić information content (AvgIpc) is 2.63. The van der Waals surface area contributed by atoms with Gasteiger partial charge in [-0.15, -0.1) is 0 Å². The third-order valence-electron chi connectivity index (χ3n) is 2.85. The fourth-order valence-corrected chi connectivity index (χ4v) is 1.79. The molecule has 1 rings (SSSR count). The molecule has 5 nitrogen and oxygen atoms in total. The Labute approximate surface area is 108 Å². The Kier molecular flexibility index (Phi) is 4.90. The first-order chi connectivity index (χ1) is 8.35. The van der Waals surface area contributed by atoms with Crippen molar-refractivity contribution < 1.29 is 14.3 Å². The number of carbonyl (C=O) groups is 1. The van der Waals surface area contributed by atoms with E-state index in [4.69, 9.17) is 9.52 Å². The van der Waals surface area contributed by atoms with E-state index in [2.05, 4.69) is 24.1 Å². The van der Waals surface area contributed by atoms with Gasteiger partial charge in [-0.2, -0.15) is 0 Å². The number of oxazole rings is 1. The zero-order chi connectivity index (χ0) is 13.8. The summed E-state index contributed by atoms with van der Waals surface area (Å²) in [6.45, 7) is 8.31. The molecule has 0 aromatic carbocycles. The van der Waals surface area contributed by atoms with Crippen LogP contribution < -0.4 is 5.32 Å². The van der Waals surface area contributed by atoms with Gasteiger partial charge in [0.25, 0.3) is 5.91 Å². The molecular weight excluding hydrogens is 232 g/mol.